The van der Waals surface area contributed by atoms with E-state index in [-0.39, 0.29) is 0 Å². The monoisotopic (exact) mass is 293 g/mol. The highest BCUT2D eigenvalue weighted by Crippen LogP contribution is 2.37. The summed E-state index contributed by atoms with van der Waals surface area (Å²) >= 11 is 0. The quantitative estimate of drug-likeness (QED) is 0.863. The van der Waals surface area contributed by atoms with Crippen LogP contribution in [0.25, 0.3) is 0 Å². The zero-order chi connectivity index (χ0) is 14.7. The van der Waals surface area contributed by atoms with Crippen molar-refractivity contribution in [3.05, 3.63) is 0 Å². The molecule has 0 amide bonds. The van der Waals surface area contributed by atoms with Gasteiger partial charge in [0.25, 0.3) is 0 Å². The third kappa shape index (κ3) is 4.00. The molecule has 3 saturated heterocycles. The lowest BCUT2D eigenvalue weighted by Gasteiger charge is -2.49. The molecule has 3 nitrogen and oxygen atoms in total. The van der Waals surface area contributed by atoms with Crippen molar-refractivity contribution in [2.45, 2.75) is 58.4 Å². The fourth-order valence-electron chi connectivity index (χ4n) is 4.92. The first-order valence-electron chi connectivity index (χ1n) is 9.34. The van der Waals surface area contributed by atoms with Crippen molar-refractivity contribution in [1.29, 1.82) is 0 Å². The van der Waals surface area contributed by atoms with E-state index in [4.69, 9.17) is 0 Å². The highest BCUT2D eigenvalue weighted by Gasteiger charge is 2.38. The molecule has 21 heavy (non-hydrogen) atoms. The van der Waals surface area contributed by atoms with Crippen LogP contribution in [-0.2, 0) is 0 Å². The summed E-state index contributed by atoms with van der Waals surface area (Å²) in [5.41, 5.74) is 0.617. The van der Waals surface area contributed by atoms with E-state index in [1.165, 1.54) is 84.3 Å². The fraction of sp³-hybridized carbons (Fsp3) is 1.00. The van der Waals surface area contributed by atoms with Crippen molar-refractivity contribution < 1.29 is 0 Å². The maximum atomic E-state index is 3.66. The Bertz CT molecular complexity index is 309. The van der Waals surface area contributed by atoms with Gasteiger partial charge in [0.1, 0.15) is 0 Å². The average Bonchev–Trinajstić information content (AvgIpc) is 2.48. The molecule has 3 fully saturated rings. The summed E-state index contributed by atoms with van der Waals surface area (Å²) < 4.78 is 0. The molecule has 3 heteroatoms. The van der Waals surface area contributed by atoms with Gasteiger partial charge in [-0.3, -0.25) is 4.90 Å². The van der Waals surface area contributed by atoms with E-state index in [9.17, 15) is 0 Å². The normalized spacial score (nSPS) is 33.9. The van der Waals surface area contributed by atoms with E-state index in [0.717, 1.165) is 12.0 Å². The molecule has 0 radical (unpaired) electrons. The van der Waals surface area contributed by atoms with Crippen LogP contribution in [0.15, 0.2) is 0 Å². The zero-order valence-corrected chi connectivity index (χ0v) is 14.2. The summed E-state index contributed by atoms with van der Waals surface area (Å²) in [5, 5.41) is 3.66. The largest absolute Gasteiger partial charge is 0.316 e. The Morgan fingerprint density at radius 1 is 1.10 bits per heavy atom. The molecule has 3 rings (SSSR count). The summed E-state index contributed by atoms with van der Waals surface area (Å²) in [6, 6.07) is 0.868. The molecule has 0 aliphatic carbocycles. The maximum Gasteiger partial charge on any atom is 0.0120 e. The first kappa shape index (κ1) is 15.8. The molecule has 0 aromatic rings. The highest BCUT2D eigenvalue weighted by atomic mass is 15.2. The molecule has 1 N–H and O–H groups in total. The summed E-state index contributed by atoms with van der Waals surface area (Å²) in [4.78, 5) is 5.55. The summed E-state index contributed by atoms with van der Waals surface area (Å²) in [7, 11) is 0. The summed E-state index contributed by atoms with van der Waals surface area (Å²) in [6.07, 6.45) is 8.53. The van der Waals surface area contributed by atoms with Gasteiger partial charge in [-0.25, -0.2) is 0 Å². The van der Waals surface area contributed by atoms with E-state index in [2.05, 4.69) is 29.0 Å². The highest BCUT2D eigenvalue weighted by molar-refractivity contribution is 4.94. The Labute approximate surface area is 131 Å². The molecule has 3 heterocycles. The first-order chi connectivity index (χ1) is 10.2. The van der Waals surface area contributed by atoms with E-state index in [1.54, 1.807) is 0 Å². The third-order valence-electron chi connectivity index (χ3n) is 5.95. The molecule has 1 spiro atoms. The van der Waals surface area contributed by atoms with Gasteiger partial charge in [-0.2, -0.15) is 0 Å². The van der Waals surface area contributed by atoms with Crippen LogP contribution in [0, 0.1) is 11.3 Å². The lowest BCUT2D eigenvalue weighted by molar-refractivity contribution is 0.0147. The lowest BCUT2D eigenvalue weighted by atomic mass is 9.74. The molecule has 3 aliphatic rings. The van der Waals surface area contributed by atoms with Crippen molar-refractivity contribution in [1.82, 2.24) is 15.1 Å². The third-order valence-corrected chi connectivity index (χ3v) is 5.95. The number of rotatable bonds is 3. The van der Waals surface area contributed by atoms with E-state index < -0.39 is 0 Å². The van der Waals surface area contributed by atoms with Gasteiger partial charge in [0.15, 0.2) is 0 Å². The van der Waals surface area contributed by atoms with Gasteiger partial charge in [0.05, 0.1) is 0 Å². The minimum atomic E-state index is 0.617. The van der Waals surface area contributed by atoms with Gasteiger partial charge in [-0.05, 0) is 76.0 Å². The van der Waals surface area contributed by atoms with Gasteiger partial charge in [0.2, 0.25) is 0 Å². The standard InChI is InChI=1S/C18H35N3/c1-16(2)13-20-11-5-17(6-12-20)21-10-4-8-18(15-21)7-3-9-19-14-18/h16-17,19H,3-15H2,1-2H3. The average molecular weight is 293 g/mol. The predicted octanol–water partition coefficient (Wildman–Crippen LogP) is 2.57. The Morgan fingerprint density at radius 2 is 1.86 bits per heavy atom. The second-order valence-electron chi connectivity index (χ2n) is 8.28. The number of nitrogens with zero attached hydrogens (tertiary/aromatic N) is 2. The molecule has 0 saturated carbocycles. The zero-order valence-electron chi connectivity index (χ0n) is 14.2. The Balaban J connectivity index is 1.51. The van der Waals surface area contributed by atoms with Crippen LogP contribution in [0.3, 0.4) is 0 Å². The van der Waals surface area contributed by atoms with Gasteiger partial charge in [-0.1, -0.05) is 13.8 Å². The second-order valence-corrected chi connectivity index (χ2v) is 8.28. The molecule has 0 aromatic carbocycles. The number of nitrogens with one attached hydrogen (secondary N) is 1. The molecule has 0 aromatic heterocycles. The Hall–Kier alpha value is -0.120. The van der Waals surface area contributed by atoms with Crippen LogP contribution in [0.4, 0.5) is 0 Å². The topological polar surface area (TPSA) is 18.5 Å². The van der Waals surface area contributed by atoms with Crippen LogP contribution in [0.2, 0.25) is 0 Å². The molecular weight excluding hydrogens is 258 g/mol. The number of piperidine rings is 3. The van der Waals surface area contributed by atoms with Crippen molar-refractivity contribution >= 4 is 0 Å². The van der Waals surface area contributed by atoms with Crippen molar-refractivity contribution in [3.8, 4) is 0 Å². The minimum absolute atomic E-state index is 0.617. The molecular formula is C18H35N3. The second kappa shape index (κ2) is 6.97. The molecule has 3 aliphatic heterocycles. The molecule has 122 valence electrons. The van der Waals surface area contributed by atoms with Gasteiger partial charge in [-0.15, -0.1) is 0 Å². The van der Waals surface area contributed by atoms with Crippen LogP contribution in [0.5, 0.6) is 0 Å². The van der Waals surface area contributed by atoms with Crippen LogP contribution in [0.1, 0.15) is 52.4 Å². The molecule has 0 bridgehead atoms. The first-order valence-corrected chi connectivity index (χ1v) is 9.34. The maximum absolute atomic E-state index is 3.66. The van der Waals surface area contributed by atoms with Gasteiger partial charge in [0, 0.05) is 25.7 Å². The van der Waals surface area contributed by atoms with Crippen LogP contribution in [-0.4, -0.2) is 61.7 Å². The number of likely N-dealkylation sites (tertiary alicyclic amines) is 2. The van der Waals surface area contributed by atoms with E-state index >= 15 is 0 Å². The Morgan fingerprint density at radius 3 is 2.52 bits per heavy atom. The SMILES string of the molecule is CC(C)CN1CCC(N2CCCC3(CCCNC3)C2)CC1. The van der Waals surface area contributed by atoms with Crippen LogP contribution >= 0.6 is 0 Å². The smallest absolute Gasteiger partial charge is 0.0120 e. The lowest BCUT2D eigenvalue weighted by Crippen LogP contribution is -2.55. The number of hydrogen-bond acceptors (Lipinski definition) is 3. The van der Waals surface area contributed by atoms with Crippen LogP contribution < -0.4 is 5.32 Å². The van der Waals surface area contributed by atoms with Crippen molar-refractivity contribution in [3.63, 3.8) is 0 Å². The van der Waals surface area contributed by atoms with Crippen molar-refractivity contribution in [2.75, 3.05) is 45.8 Å². The Kier molecular flexibility index (Phi) is 5.23. The predicted molar refractivity (Wildman–Crippen MR) is 89.6 cm³/mol. The molecule has 1 unspecified atom stereocenters. The van der Waals surface area contributed by atoms with E-state index in [1.807, 2.05) is 0 Å². The number of hydrogen-bond donors (Lipinski definition) is 1. The van der Waals surface area contributed by atoms with Crippen molar-refractivity contribution in [2.24, 2.45) is 11.3 Å². The summed E-state index contributed by atoms with van der Waals surface area (Å²) in [5.74, 6) is 0.813. The fourth-order valence-corrected chi connectivity index (χ4v) is 4.92. The van der Waals surface area contributed by atoms with E-state index in [0.29, 0.717) is 5.41 Å². The molecule has 1 atom stereocenters. The van der Waals surface area contributed by atoms with Gasteiger partial charge < -0.3 is 10.2 Å². The summed E-state index contributed by atoms with van der Waals surface area (Å²) in [6.45, 7) is 13.9. The minimum Gasteiger partial charge on any atom is -0.316 e. The van der Waals surface area contributed by atoms with Gasteiger partial charge >= 0.3 is 0 Å².